The number of nitrogens with one attached hydrogen (secondary N) is 1. The van der Waals surface area contributed by atoms with E-state index < -0.39 is 0 Å². The van der Waals surface area contributed by atoms with Crippen molar-refractivity contribution in [2.45, 2.75) is 30.8 Å². The van der Waals surface area contributed by atoms with Crippen molar-refractivity contribution in [3.63, 3.8) is 0 Å². The van der Waals surface area contributed by atoms with Gasteiger partial charge in [-0.3, -0.25) is 0 Å². The standard InChI is InChI=1S/C22H23NO3/c1-2-12-25-18-6-7-19-20(16-4-3-5-17(24)13-16)15-22(26-21(19)14-18)8-10-23-11-9-22/h1,3-7,13-14,20,23-24H,8-12,15H2. The molecular formula is C22H23NO3. The van der Waals surface area contributed by atoms with Gasteiger partial charge in [0.2, 0.25) is 0 Å². The molecule has 4 nitrogen and oxygen atoms in total. The van der Waals surface area contributed by atoms with Gasteiger partial charge >= 0.3 is 0 Å². The molecule has 2 heterocycles. The average molecular weight is 349 g/mol. The Hall–Kier alpha value is -2.64. The minimum absolute atomic E-state index is 0.181. The van der Waals surface area contributed by atoms with Gasteiger partial charge in [-0.15, -0.1) is 6.42 Å². The highest BCUT2D eigenvalue weighted by Gasteiger charge is 2.42. The summed E-state index contributed by atoms with van der Waals surface area (Å²) < 4.78 is 12.1. The highest BCUT2D eigenvalue weighted by Crippen LogP contribution is 2.48. The van der Waals surface area contributed by atoms with E-state index in [9.17, 15) is 5.11 Å². The number of piperidine rings is 1. The Morgan fingerprint density at radius 3 is 2.85 bits per heavy atom. The molecule has 0 saturated carbocycles. The van der Waals surface area contributed by atoms with Gasteiger partial charge in [0.05, 0.1) is 0 Å². The van der Waals surface area contributed by atoms with Crippen LogP contribution in [-0.4, -0.2) is 30.4 Å². The van der Waals surface area contributed by atoms with Gasteiger partial charge in [-0.1, -0.05) is 24.1 Å². The summed E-state index contributed by atoms with van der Waals surface area (Å²) in [7, 11) is 0. The number of fused-ring (bicyclic) bond motifs is 1. The van der Waals surface area contributed by atoms with Crippen molar-refractivity contribution in [1.82, 2.24) is 5.32 Å². The van der Waals surface area contributed by atoms with Crippen LogP contribution >= 0.6 is 0 Å². The summed E-state index contributed by atoms with van der Waals surface area (Å²) in [5, 5.41) is 13.4. The number of phenols is 1. The highest BCUT2D eigenvalue weighted by atomic mass is 16.5. The highest BCUT2D eigenvalue weighted by molar-refractivity contribution is 5.49. The molecule has 2 aromatic rings. The lowest BCUT2D eigenvalue weighted by Crippen LogP contribution is -2.49. The summed E-state index contributed by atoms with van der Waals surface area (Å²) in [5.74, 6) is 4.56. The molecule has 4 rings (SSSR count). The molecule has 134 valence electrons. The third-order valence-electron chi connectivity index (χ3n) is 5.37. The molecule has 4 heteroatoms. The fourth-order valence-corrected chi connectivity index (χ4v) is 4.09. The van der Waals surface area contributed by atoms with E-state index in [-0.39, 0.29) is 18.1 Å². The summed E-state index contributed by atoms with van der Waals surface area (Å²) in [6.45, 7) is 2.15. The van der Waals surface area contributed by atoms with Crippen LogP contribution in [0.15, 0.2) is 42.5 Å². The van der Waals surface area contributed by atoms with Gasteiger partial charge < -0.3 is 19.9 Å². The fraction of sp³-hybridized carbons (Fsp3) is 0.364. The Bertz CT molecular complexity index is 834. The van der Waals surface area contributed by atoms with Gasteiger partial charge in [-0.25, -0.2) is 0 Å². The molecular weight excluding hydrogens is 326 g/mol. The topological polar surface area (TPSA) is 50.7 Å². The number of terminal acetylenes is 1. The lowest BCUT2D eigenvalue weighted by atomic mass is 9.75. The van der Waals surface area contributed by atoms with Crippen molar-refractivity contribution in [3.05, 3.63) is 53.6 Å². The zero-order valence-corrected chi connectivity index (χ0v) is 14.7. The minimum atomic E-state index is -0.181. The number of phenolic OH excluding ortho intramolecular Hbond substituents is 1. The van der Waals surface area contributed by atoms with E-state index in [2.05, 4.69) is 23.4 Å². The van der Waals surface area contributed by atoms with Crippen LogP contribution in [0.5, 0.6) is 17.2 Å². The zero-order chi connectivity index (χ0) is 18.0. The van der Waals surface area contributed by atoms with Crippen LogP contribution in [0.4, 0.5) is 0 Å². The molecule has 26 heavy (non-hydrogen) atoms. The Morgan fingerprint density at radius 2 is 2.08 bits per heavy atom. The summed E-state index contributed by atoms with van der Waals surface area (Å²) in [6.07, 6.45) is 8.15. The lowest BCUT2D eigenvalue weighted by molar-refractivity contribution is 0.0112. The molecule has 0 radical (unpaired) electrons. The first-order valence-corrected chi connectivity index (χ1v) is 9.08. The van der Waals surface area contributed by atoms with E-state index >= 15 is 0 Å². The number of ether oxygens (including phenoxy) is 2. The van der Waals surface area contributed by atoms with E-state index in [4.69, 9.17) is 15.9 Å². The maximum atomic E-state index is 9.95. The average Bonchev–Trinajstić information content (AvgIpc) is 2.66. The monoisotopic (exact) mass is 349 g/mol. The van der Waals surface area contributed by atoms with E-state index in [1.807, 2.05) is 24.3 Å². The van der Waals surface area contributed by atoms with Crippen LogP contribution < -0.4 is 14.8 Å². The molecule has 2 aliphatic rings. The molecule has 0 bridgehead atoms. The van der Waals surface area contributed by atoms with E-state index in [0.29, 0.717) is 5.75 Å². The molecule has 0 amide bonds. The van der Waals surface area contributed by atoms with Crippen LogP contribution in [0, 0.1) is 12.3 Å². The van der Waals surface area contributed by atoms with Gasteiger partial charge in [-0.05, 0) is 56.1 Å². The first kappa shape index (κ1) is 16.8. The fourth-order valence-electron chi connectivity index (χ4n) is 4.09. The van der Waals surface area contributed by atoms with Crippen molar-refractivity contribution < 1.29 is 14.6 Å². The van der Waals surface area contributed by atoms with Crippen molar-refractivity contribution in [2.24, 2.45) is 0 Å². The van der Waals surface area contributed by atoms with Crippen LogP contribution in [-0.2, 0) is 0 Å². The Morgan fingerprint density at radius 1 is 1.23 bits per heavy atom. The van der Waals surface area contributed by atoms with Crippen LogP contribution in [0.25, 0.3) is 0 Å². The summed E-state index contributed by atoms with van der Waals surface area (Å²) in [4.78, 5) is 0. The molecule has 1 atom stereocenters. The molecule has 0 aliphatic carbocycles. The number of rotatable bonds is 3. The Labute approximate surface area is 154 Å². The molecule has 2 N–H and O–H groups in total. The quantitative estimate of drug-likeness (QED) is 0.834. The van der Waals surface area contributed by atoms with Gasteiger partial charge in [0.25, 0.3) is 0 Å². The van der Waals surface area contributed by atoms with Gasteiger partial charge in [0.15, 0.2) is 0 Å². The second kappa shape index (κ2) is 6.93. The summed E-state index contributed by atoms with van der Waals surface area (Å²) >= 11 is 0. The van der Waals surface area contributed by atoms with Crippen LogP contribution in [0.1, 0.15) is 36.3 Å². The van der Waals surface area contributed by atoms with Crippen molar-refractivity contribution in [3.8, 4) is 29.6 Å². The van der Waals surface area contributed by atoms with Crippen molar-refractivity contribution >= 4 is 0 Å². The number of hydrogen-bond donors (Lipinski definition) is 2. The first-order chi connectivity index (χ1) is 12.7. The SMILES string of the molecule is C#CCOc1ccc2c(c1)OC1(CCNCC1)CC2c1cccc(O)c1. The van der Waals surface area contributed by atoms with Gasteiger partial charge in [0, 0.05) is 17.5 Å². The minimum Gasteiger partial charge on any atom is -0.508 e. The molecule has 2 aromatic carbocycles. The maximum absolute atomic E-state index is 9.95. The molecule has 1 saturated heterocycles. The molecule has 0 aromatic heterocycles. The van der Waals surface area contributed by atoms with E-state index in [1.54, 1.807) is 6.07 Å². The molecule has 1 unspecified atom stereocenters. The smallest absolute Gasteiger partial charge is 0.148 e. The van der Waals surface area contributed by atoms with Crippen molar-refractivity contribution in [1.29, 1.82) is 0 Å². The first-order valence-electron chi connectivity index (χ1n) is 9.08. The number of benzene rings is 2. The third-order valence-corrected chi connectivity index (χ3v) is 5.37. The molecule has 1 fully saturated rings. The normalized spacial score (nSPS) is 20.7. The lowest BCUT2D eigenvalue weighted by Gasteiger charge is -2.45. The number of aromatic hydroxyl groups is 1. The van der Waals surface area contributed by atoms with Crippen molar-refractivity contribution in [2.75, 3.05) is 19.7 Å². The summed E-state index contributed by atoms with van der Waals surface area (Å²) in [6, 6.07) is 13.5. The molecule has 2 aliphatic heterocycles. The van der Waals surface area contributed by atoms with Crippen LogP contribution in [0.2, 0.25) is 0 Å². The predicted molar refractivity (Wildman–Crippen MR) is 101 cm³/mol. The van der Waals surface area contributed by atoms with E-state index in [0.717, 1.165) is 55.0 Å². The second-order valence-electron chi connectivity index (χ2n) is 7.08. The summed E-state index contributed by atoms with van der Waals surface area (Å²) in [5.41, 5.74) is 2.07. The Kier molecular flexibility index (Phi) is 4.48. The zero-order valence-electron chi connectivity index (χ0n) is 14.7. The van der Waals surface area contributed by atoms with E-state index in [1.165, 1.54) is 0 Å². The molecule has 1 spiro atoms. The number of hydrogen-bond acceptors (Lipinski definition) is 4. The van der Waals surface area contributed by atoms with Gasteiger partial charge in [-0.2, -0.15) is 0 Å². The van der Waals surface area contributed by atoms with Gasteiger partial charge in [0.1, 0.15) is 29.5 Å². The second-order valence-corrected chi connectivity index (χ2v) is 7.08. The maximum Gasteiger partial charge on any atom is 0.148 e. The van der Waals surface area contributed by atoms with Crippen LogP contribution in [0.3, 0.4) is 0 Å². The third kappa shape index (κ3) is 3.23. The Balaban J connectivity index is 1.75. The largest absolute Gasteiger partial charge is 0.508 e. The predicted octanol–water partition coefficient (Wildman–Crippen LogP) is 3.44.